The zero-order valence-corrected chi connectivity index (χ0v) is 6.65. The van der Waals surface area contributed by atoms with E-state index in [2.05, 4.69) is 0 Å². The van der Waals surface area contributed by atoms with Crippen LogP contribution >= 0.6 is 0 Å². The summed E-state index contributed by atoms with van der Waals surface area (Å²) in [5.41, 5.74) is -0.934. The van der Waals surface area contributed by atoms with Crippen LogP contribution in [0.2, 0.25) is 0 Å². The van der Waals surface area contributed by atoms with Crippen molar-refractivity contribution in [2.75, 3.05) is 13.2 Å². The van der Waals surface area contributed by atoms with E-state index in [1.807, 2.05) is 0 Å². The second-order valence-electron chi connectivity index (χ2n) is 3.36. The molecule has 5 nitrogen and oxygen atoms in total. The summed E-state index contributed by atoms with van der Waals surface area (Å²) in [4.78, 5) is 10.7. The van der Waals surface area contributed by atoms with Crippen molar-refractivity contribution < 1.29 is 24.1 Å². The minimum absolute atomic E-state index is 0.142. The average molecular weight is 174 g/mol. The largest absolute Gasteiger partial charge is 0.481 e. The molecule has 0 aromatic rings. The predicted molar refractivity (Wildman–Crippen MR) is 36.3 cm³/mol. The molecule has 2 aliphatic heterocycles. The Kier molecular flexibility index (Phi) is 1.61. The van der Waals surface area contributed by atoms with Gasteiger partial charge in [0.1, 0.15) is 5.41 Å². The molecule has 0 aliphatic carbocycles. The number of aliphatic carboxylic acids is 1. The maximum absolute atomic E-state index is 10.7. The molecule has 2 fully saturated rings. The minimum Gasteiger partial charge on any atom is -0.481 e. The molecule has 0 amide bonds. The van der Waals surface area contributed by atoms with Gasteiger partial charge in [-0.15, -0.1) is 0 Å². The van der Waals surface area contributed by atoms with Crippen LogP contribution in [0.5, 0.6) is 0 Å². The van der Waals surface area contributed by atoms with Crippen LogP contribution in [-0.2, 0) is 19.0 Å². The van der Waals surface area contributed by atoms with Crippen LogP contribution in [0.25, 0.3) is 0 Å². The van der Waals surface area contributed by atoms with E-state index in [9.17, 15) is 4.79 Å². The number of hydrogen-bond acceptors (Lipinski definition) is 4. The molecule has 2 rings (SSSR count). The number of rotatable bonds is 1. The lowest BCUT2D eigenvalue weighted by Gasteiger charge is -2.21. The third-order valence-electron chi connectivity index (χ3n) is 2.06. The van der Waals surface area contributed by atoms with Gasteiger partial charge in [0, 0.05) is 0 Å². The average Bonchev–Trinajstić information content (AvgIpc) is 2.73. The molecule has 2 heterocycles. The lowest BCUT2D eigenvalue weighted by Crippen LogP contribution is -2.36. The Balaban J connectivity index is 2.03. The number of epoxide rings is 1. The van der Waals surface area contributed by atoms with E-state index < -0.39 is 11.4 Å². The highest BCUT2D eigenvalue weighted by Gasteiger charge is 2.49. The lowest BCUT2D eigenvalue weighted by molar-refractivity contribution is -0.157. The molecule has 0 radical (unpaired) electrons. The number of hydrogen-bond donors (Lipinski definition) is 1. The molecule has 2 saturated heterocycles. The molecule has 2 atom stereocenters. The van der Waals surface area contributed by atoms with Crippen molar-refractivity contribution in [3.05, 3.63) is 0 Å². The van der Waals surface area contributed by atoms with Crippen LogP contribution in [0.15, 0.2) is 0 Å². The summed E-state index contributed by atoms with van der Waals surface area (Å²) in [6.07, 6.45) is -0.683. The van der Waals surface area contributed by atoms with Gasteiger partial charge in [0.15, 0.2) is 0 Å². The van der Waals surface area contributed by atoms with Crippen molar-refractivity contribution >= 4 is 5.97 Å². The van der Waals surface area contributed by atoms with Crippen molar-refractivity contribution in [2.24, 2.45) is 5.41 Å². The topological polar surface area (TPSA) is 68.3 Å². The van der Waals surface area contributed by atoms with Crippen LogP contribution in [0.4, 0.5) is 0 Å². The normalized spacial score (nSPS) is 46.1. The highest BCUT2D eigenvalue weighted by atomic mass is 16.9. The first-order chi connectivity index (χ1) is 5.62. The Morgan fingerprint density at radius 2 is 1.92 bits per heavy atom. The van der Waals surface area contributed by atoms with E-state index in [-0.39, 0.29) is 25.8 Å². The number of carbonyl (C=O) groups is 1. The molecule has 2 aliphatic rings. The number of carboxylic acid groups (broad SMARTS) is 1. The molecule has 2 unspecified atom stereocenters. The lowest BCUT2D eigenvalue weighted by atomic mass is 9.93. The van der Waals surface area contributed by atoms with E-state index in [1.54, 1.807) is 6.92 Å². The quantitative estimate of drug-likeness (QED) is 0.558. The van der Waals surface area contributed by atoms with E-state index in [1.165, 1.54) is 0 Å². The SMILES string of the molecule is CC1(C(=O)O)COC2OC2OC1. The molecule has 0 aromatic heterocycles. The summed E-state index contributed by atoms with van der Waals surface area (Å²) >= 11 is 0. The second-order valence-corrected chi connectivity index (χ2v) is 3.36. The van der Waals surface area contributed by atoms with Gasteiger partial charge in [-0.2, -0.15) is 0 Å². The van der Waals surface area contributed by atoms with Gasteiger partial charge in [0.25, 0.3) is 0 Å². The molecule has 1 N–H and O–H groups in total. The maximum Gasteiger partial charge on any atom is 0.314 e. The van der Waals surface area contributed by atoms with Crippen molar-refractivity contribution in [1.82, 2.24) is 0 Å². The summed E-state index contributed by atoms with van der Waals surface area (Å²) in [5, 5.41) is 8.82. The summed E-state index contributed by atoms with van der Waals surface area (Å²) in [5.74, 6) is -0.899. The van der Waals surface area contributed by atoms with Gasteiger partial charge in [-0.1, -0.05) is 0 Å². The summed E-state index contributed by atoms with van der Waals surface area (Å²) in [7, 11) is 0. The molecular formula is C7H10O5. The Morgan fingerprint density at radius 1 is 1.42 bits per heavy atom. The third-order valence-corrected chi connectivity index (χ3v) is 2.06. The maximum atomic E-state index is 10.7. The van der Waals surface area contributed by atoms with Crippen LogP contribution in [0, 0.1) is 5.41 Å². The van der Waals surface area contributed by atoms with E-state index in [4.69, 9.17) is 19.3 Å². The monoisotopic (exact) mass is 174 g/mol. The zero-order chi connectivity index (χ0) is 8.77. The number of fused-ring (bicyclic) bond motifs is 1. The smallest absolute Gasteiger partial charge is 0.314 e. The first-order valence-corrected chi connectivity index (χ1v) is 3.74. The highest BCUT2D eigenvalue weighted by Crippen LogP contribution is 2.33. The van der Waals surface area contributed by atoms with Crippen LogP contribution in [0.1, 0.15) is 6.92 Å². The van der Waals surface area contributed by atoms with E-state index in [0.29, 0.717) is 0 Å². The highest BCUT2D eigenvalue weighted by molar-refractivity contribution is 5.74. The van der Waals surface area contributed by atoms with Gasteiger partial charge in [0.2, 0.25) is 12.6 Å². The summed E-state index contributed by atoms with van der Waals surface area (Å²) in [6.45, 7) is 1.88. The molecular weight excluding hydrogens is 164 g/mol. The first-order valence-electron chi connectivity index (χ1n) is 3.74. The predicted octanol–water partition coefficient (Wildman–Crippen LogP) is -0.194. The fraction of sp³-hybridized carbons (Fsp3) is 0.857. The van der Waals surface area contributed by atoms with Crippen LogP contribution in [-0.4, -0.2) is 36.9 Å². The van der Waals surface area contributed by atoms with Crippen molar-refractivity contribution in [3.8, 4) is 0 Å². The van der Waals surface area contributed by atoms with Gasteiger partial charge in [-0.05, 0) is 6.92 Å². The Bertz CT molecular complexity index is 202. The molecule has 5 heteroatoms. The fourth-order valence-electron chi connectivity index (χ4n) is 1.02. The Morgan fingerprint density at radius 3 is 2.33 bits per heavy atom. The third kappa shape index (κ3) is 1.20. The second kappa shape index (κ2) is 2.42. The van der Waals surface area contributed by atoms with Crippen LogP contribution < -0.4 is 0 Å². The Labute approximate surface area is 69.2 Å². The minimum atomic E-state index is -0.934. The van der Waals surface area contributed by atoms with E-state index in [0.717, 1.165) is 0 Å². The number of ether oxygens (including phenoxy) is 3. The molecule has 0 bridgehead atoms. The summed E-state index contributed by atoms with van der Waals surface area (Å²) in [6, 6.07) is 0. The summed E-state index contributed by atoms with van der Waals surface area (Å²) < 4.78 is 15.1. The van der Waals surface area contributed by atoms with Gasteiger partial charge in [-0.3, -0.25) is 4.79 Å². The zero-order valence-electron chi connectivity index (χ0n) is 6.65. The van der Waals surface area contributed by atoms with Crippen molar-refractivity contribution in [2.45, 2.75) is 19.5 Å². The van der Waals surface area contributed by atoms with Crippen LogP contribution in [0.3, 0.4) is 0 Å². The molecule has 68 valence electrons. The first kappa shape index (κ1) is 7.97. The molecule has 12 heavy (non-hydrogen) atoms. The number of carboxylic acids is 1. The standard InChI is InChI=1S/C7H10O5/c1-7(6(8)9)2-10-4-5(12-4)11-3-7/h4-5H,2-3H2,1H3,(H,8,9). The van der Waals surface area contributed by atoms with Crippen molar-refractivity contribution in [1.29, 1.82) is 0 Å². The van der Waals surface area contributed by atoms with Gasteiger partial charge < -0.3 is 19.3 Å². The van der Waals surface area contributed by atoms with Gasteiger partial charge in [-0.25, -0.2) is 0 Å². The molecule has 0 saturated carbocycles. The van der Waals surface area contributed by atoms with Gasteiger partial charge in [0.05, 0.1) is 13.2 Å². The molecule has 0 aromatic carbocycles. The Hall–Kier alpha value is -0.650. The fourth-order valence-corrected chi connectivity index (χ4v) is 1.02. The van der Waals surface area contributed by atoms with Gasteiger partial charge >= 0.3 is 5.97 Å². The van der Waals surface area contributed by atoms with Crippen molar-refractivity contribution in [3.63, 3.8) is 0 Å². The van der Waals surface area contributed by atoms with E-state index >= 15 is 0 Å². The molecule has 0 spiro atoms.